The summed E-state index contributed by atoms with van der Waals surface area (Å²) in [5.41, 5.74) is 0.947. The molecule has 0 atom stereocenters. The third-order valence-corrected chi connectivity index (χ3v) is 4.34. The number of thioether (sulfide) groups is 1. The zero-order chi connectivity index (χ0) is 14.1. The minimum Gasteiger partial charge on any atom is -0.457 e. The topological polar surface area (TPSA) is 46.3 Å². The molecular formula is C14H10N2O2S2. The maximum Gasteiger partial charge on any atom is 0.266 e. The van der Waals surface area contributed by atoms with Gasteiger partial charge in [0.2, 0.25) is 0 Å². The Bertz CT molecular complexity index is 707. The number of carbonyl (C=O) groups excluding carboxylic acids is 1. The number of amides is 1. The molecule has 0 N–H and O–H groups in total. The van der Waals surface area contributed by atoms with E-state index in [4.69, 9.17) is 16.6 Å². The first-order valence-corrected chi connectivity index (χ1v) is 7.09. The summed E-state index contributed by atoms with van der Waals surface area (Å²) in [6.45, 7) is 0. The SMILES string of the molecule is CN1C(=O)C(=Cc2ccc(-c3ccncc3)o2)SC1=S. The van der Waals surface area contributed by atoms with Gasteiger partial charge < -0.3 is 4.42 Å². The highest BCUT2D eigenvalue weighted by Gasteiger charge is 2.28. The van der Waals surface area contributed by atoms with Crippen molar-refractivity contribution in [1.82, 2.24) is 9.88 Å². The molecule has 1 saturated heterocycles. The minimum absolute atomic E-state index is 0.0955. The average molecular weight is 302 g/mol. The number of carbonyl (C=O) groups is 1. The number of thiocarbonyl (C=S) groups is 1. The largest absolute Gasteiger partial charge is 0.457 e. The van der Waals surface area contributed by atoms with E-state index < -0.39 is 0 Å². The van der Waals surface area contributed by atoms with Gasteiger partial charge in [0.25, 0.3) is 5.91 Å². The van der Waals surface area contributed by atoms with Crippen LogP contribution in [0.25, 0.3) is 17.4 Å². The van der Waals surface area contributed by atoms with E-state index >= 15 is 0 Å². The highest BCUT2D eigenvalue weighted by Crippen LogP contribution is 2.32. The van der Waals surface area contributed by atoms with Crippen LogP contribution < -0.4 is 0 Å². The molecule has 1 amide bonds. The summed E-state index contributed by atoms with van der Waals surface area (Å²) < 4.78 is 6.28. The summed E-state index contributed by atoms with van der Waals surface area (Å²) in [5, 5.41) is 0. The Hall–Kier alpha value is -1.92. The number of aromatic nitrogens is 1. The van der Waals surface area contributed by atoms with Crippen LogP contribution in [0.1, 0.15) is 5.76 Å². The van der Waals surface area contributed by atoms with Crippen molar-refractivity contribution in [3.05, 3.63) is 47.3 Å². The molecule has 0 aromatic carbocycles. The van der Waals surface area contributed by atoms with E-state index in [1.165, 1.54) is 16.7 Å². The van der Waals surface area contributed by atoms with E-state index in [2.05, 4.69) is 4.98 Å². The standard InChI is InChI=1S/C14H10N2O2S2/c1-16-13(17)12(20-14(16)19)8-10-2-3-11(18-10)9-4-6-15-7-5-9/h2-8H,1H3. The van der Waals surface area contributed by atoms with Crippen LogP contribution in [0.3, 0.4) is 0 Å². The molecule has 2 aromatic heterocycles. The van der Waals surface area contributed by atoms with Crippen LogP contribution in [-0.4, -0.2) is 27.2 Å². The number of hydrogen-bond donors (Lipinski definition) is 0. The lowest BCUT2D eigenvalue weighted by atomic mass is 10.2. The molecule has 3 heterocycles. The van der Waals surface area contributed by atoms with Crippen molar-refractivity contribution in [2.45, 2.75) is 0 Å². The Morgan fingerprint density at radius 2 is 2.05 bits per heavy atom. The lowest BCUT2D eigenvalue weighted by Crippen LogP contribution is -2.22. The van der Waals surface area contributed by atoms with E-state index in [0.717, 1.165) is 11.3 Å². The maximum absolute atomic E-state index is 11.9. The van der Waals surface area contributed by atoms with Crippen molar-refractivity contribution in [3.8, 4) is 11.3 Å². The van der Waals surface area contributed by atoms with E-state index in [0.29, 0.717) is 15.0 Å². The summed E-state index contributed by atoms with van der Waals surface area (Å²) in [7, 11) is 1.67. The van der Waals surface area contributed by atoms with Crippen LogP contribution in [0, 0.1) is 0 Å². The van der Waals surface area contributed by atoms with Gasteiger partial charge in [-0.1, -0.05) is 24.0 Å². The normalized spacial score (nSPS) is 17.2. The number of pyridine rings is 1. The van der Waals surface area contributed by atoms with E-state index in [-0.39, 0.29) is 5.91 Å². The molecule has 1 fully saturated rings. The van der Waals surface area contributed by atoms with Crippen LogP contribution in [0.5, 0.6) is 0 Å². The summed E-state index contributed by atoms with van der Waals surface area (Å²) in [6.07, 6.45) is 5.13. The first kappa shape index (κ1) is 13.1. The van der Waals surface area contributed by atoms with Crippen LogP contribution >= 0.6 is 24.0 Å². The molecule has 0 bridgehead atoms. The lowest BCUT2D eigenvalue weighted by Gasteiger charge is -2.03. The van der Waals surface area contributed by atoms with Gasteiger partial charge >= 0.3 is 0 Å². The van der Waals surface area contributed by atoms with Crippen LogP contribution in [0.4, 0.5) is 0 Å². The van der Waals surface area contributed by atoms with Crippen molar-refractivity contribution in [1.29, 1.82) is 0 Å². The number of likely N-dealkylation sites (N-methyl/N-ethyl adjacent to an activating group) is 1. The molecule has 1 aliphatic rings. The quantitative estimate of drug-likeness (QED) is 0.630. The first-order valence-electron chi connectivity index (χ1n) is 5.87. The van der Waals surface area contributed by atoms with Gasteiger partial charge in [0.1, 0.15) is 15.8 Å². The number of furan rings is 1. The summed E-state index contributed by atoms with van der Waals surface area (Å²) in [6, 6.07) is 7.44. The van der Waals surface area contributed by atoms with Crippen LogP contribution in [0.2, 0.25) is 0 Å². The van der Waals surface area contributed by atoms with E-state index in [1.807, 2.05) is 24.3 Å². The fourth-order valence-electron chi connectivity index (χ4n) is 1.78. The minimum atomic E-state index is -0.0955. The molecule has 2 aromatic rings. The number of hydrogen-bond acceptors (Lipinski definition) is 5. The van der Waals surface area contributed by atoms with Crippen LogP contribution in [-0.2, 0) is 4.79 Å². The Morgan fingerprint density at radius 3 is 2.70 bits per heavy atom. The van der Waals surface area contributed by atoms with Gasteiger partial charge in [0, 0.05) is 31.1 Å². The predicted molar refractivity (Wildman–Crippen MR) is 82.9 cm³/mol. The van der Waals surface area contributed by atoms with Crippen molar-refractivity contribution in [2.24, 2.45) is 0 Å². The Balaban J connectivity index is 1.89. The van der Waals surface area contributed by atoms with E-state index in [9.17, 15) is 4.79 Å². The van der Waals surface area contributed by atoms with Gasteiger partial charge in [0.15, 0.2) is 0 Å². The molecule has 4 nitrogen and oxygen atoms in total. The van der Waals surface area contributed by atoms with Gasteiger partial charge in [-0.3, -0.25) is 14.7 Å². The Labute approximate surface area is 125 Å². The third-order valence-electron chi connectivity index (χ3n) is 2.85. The molecular weight excluding hydrogens is 292 g/mol. The van der Waals surface area contributed by atoms with E-state index in [1.54, 1.807) is 25.5 Å². The van der Waals surface area contributed by atoms with Gasteiger partial charge in [-0.15, -0.1) is 0 Å². The number of nitrogens with zero attached hydrogens (tertiary/aromatic N) is 2. The second-order valence-corrected chi connectivity index (χ2v) is 5.85. The zero-order valence-electron chi connectivity index (χ0n) is 10.6. The van der Waals surface area contributed by atoms with Crippen molar-refractivity contribution < 1.29 is 9.21 Å². The molecule has 6 heteroatoms. The smallest absolute Gasteiger partial charge is 0.266 e. The fraction of sp³-hybridized carbons (Fsp3) is 0.0714. The number of rotatable bonds is 2. The van der Waals surface area contributed by atoms with Gasteiger partial charge in [0.05, 0.1) is 4.91 Å². The lowest BCUT2D eigenvalue weighted by molar-refractivity contribution is -0.121. The molecule has 1 aliphatic heterocycles. The molecule has 0 saturated carbocycles. The Kier molecular flexibility index (Phi) is 3.42. The summed E-state index contributed by atoms with van der Waals surface area (Å²) >= 11 is 6.36. The first-order chi connectivity index (χ1) is 9.65. The summed E-state index contributed by atoms with van der Waals surface area (Å²) in [4.78, 5) is 17.9. The maximum atomic E-state index is 11.9. The summed E-state index contributed by atoms with van der Waals surface area (Å²) in [5.74, 6) is 1.28. The molecule has 0 spiro atoms. The molecule has 100 valence electrons. The highest BCUT2D eigenvalue weighted by molar-refractivity contribution is 8.26. The Morgan fingerprint density at radius 1 is 1.30 bits per heavy atom. The molecule has 0 aliphatic carbocycles. The fourth-order valence-corrected chi connectivity index (χ4v) is 2.94. The molecule has 20 heavy (non-hydrogen) atoms. The van der Waals surface area contributed by atoms with Crippen molar-refractivity contribution in [2.75, 3.05) is 7.05 Å². The molecule has 0 radical (unpaired) electrons. The second kappa shape index (κ2) is 5.22. The average Bonchev–Trinajstić information content (AvgIpc) is 3.02. The molecule has 0 unspecified atom stereocenters. The van der Waals surface area contributed by atoms with Gasteiger partial charge in [-0.2, -0.15) is 0 Å². The van der Waals surface area contributed by atoms with Gasteiger partial charge in [-0.05, 0) is 24.3 Å². The van der Waals surface area contributed by atoms with Crippen LogP contribution in [0.15, 0.2) is 46.0 Å². The monoisotopic (exact) mass is 302 g/mol. The predicted octanol–water partition coefficient (Wildman–Crippen LogP) is 3.17. The second-order valence-electron chi connectivity index (χ2n) is 4.18. The highest BCUT2D eigenvalue weighted by atomic mass is 32.2. The van der Waals surface area contributed by atoms with Crippen molar-refractivity contribution >= 4 is 40.3 Å². The molecule has 3 rings (SSSR count). The van der Waals surface area contributed by atoms with Crippen molar-refractivity contribution in [3.63, 3.8) is 0 Å². The van der Waals surface area contributed by atoms with Gasteiger partial charge in [-0.25, -0.2) is 0 Å². The zero-order valence-corrected chi connectivity index (χ0v) is 12.2. The third kappa shape index (κ3) is 2.39.